The fourth-order valence-electron chi connectivity index (χ4n) is 6.68. The van der Waals surface area contributed by atoms with Gasteiger partial charge in [0, 0.05) is 45.8 Å². The zero-order valence-electron chi connectivity index (χ0n) is 28.8. The fourth-order valence-corrected chi connectivity index (χ4v) is 8.82. The molecule has 6 rings (SSSR count). The number of hydrogen-bond donors (Lipinski definition) is 0. The largest absolute Gasteiger partial charge is 0.438 e. The number of carbonyl (C=O) groups is 2. The van der Waals surface area contributed by atoms with E-state index in [1.165, 1.54) is 34.4 Å². The third-order valence-corrected chi connectivity index (χ3v) is 12.0. The van der Waals surface area contributed by atoms with E-state index < -0.39 is 11.9 Å². The van der Waals surface area contributed by atoms with Crippen LogP contribution in [-0.4, -0.2) is 48.2 Å². The molecule has 2 heterocycles. The van der Waals surface area contributed by atoms with Crippen LogP contribution in [-0.2, 0) is 19.3 Å². The average Bonchev–Trinajstić information content (AvgIpc) is 3.09. The van der Waals surface area contributed by atoms with Gasteiger partial charge in [-0.15, -0.1) is 10.1 Å². The Labute approximate surface area is 301 Å². The lowest BCUT2D eigenvalue weighted by atomic mass is 9.89. The van der Waals surface area contributed by atoms with Crippen LogP contribution in [0, 0.1) is 39.3 Å². The van der Waals surface area contributed by atoms with Crippen LogP contribution < -0.4 is 0 Å². The van der Waals surface area contributed by atoms with Crippen molar-refractivity contribution in [3.05, 3.63) is 118 Å². The van der Waals surface area contributed by atoms with E-state index in [1.807, 2.05) is 26.0 Å². The molecule has 50 heavy (non-hydrogen) atoms. The van der Waals surface area contributed by atoms with E-state index in [-0.39, 0.29) is 23.5 Å². The van der Waals surface area contributed by atoms with Gasteiger partial charge in [-0.25, -0.2) is 18.4 Å². The summed E-state index contributed by atoms with van der Waals surface area (Å²) < 4.78 is 27.4. The standard InChI is InChI=1S/C40H42F2N2O4S2/c1-25-5-9-37(49-35-11-7-31(41)23-27(35)3)33(21-25)29-13-17-43(18-14-29)47-39(45)40(46)48-44-19-15-30(16-20-44)34-22-26(2)6-10-38(34)50-36-12-8-32(42)24-28(36)4/h5-12,21-24,29-30H,13-20H2,1-4H3. The van der Waals surface area contributed by atoms with E-state index in [4.69, 9.17) is 9.68 Å². The van der Waals surface area contributed by atoms with E-state index >= 15 is 0 Å². The van der Waals surface area contributed by atoms with Crippen molar-refractivity contribution in [1.82, 2.24) is 10.1 Å². The maximum absolute atomic E-state index is 13.7. The molecular formula is C40H42F2N2O4S2. The van der Waals surface area contributed by atoms with Crippen LogP contribution in [0.1, 0.15) is 70.9 Å². The first-order valence-electron chi connectivity index (χ1n) is 17.1. The van der Waals surface area contributed by atoms with Crippen LogP contribution in [0.15, 0.2) is 92.4 Å². The Morgan fingerprint density at radius 1 is 0.560 bits per heavy atom. The Kier molecular flexibility index (Phi) is 11.6. The number of rotatable bonds is 8. The minimum Gasteiger partial charge on any atom is -0.359 e. The molecule has 2 saturated heterocycles. The maximum Gasteiger partial charge on any atom is 0.438 e. The van der Waals surface area contributed by atoms with Crippen LogP contribution >= 0.6 is 23.5 Å². The van der Waals surface area contributed by atoms with Gasteiger partial charge in [0.05, 0.1) is 0 Å². The average molecular weight is 717 g/mol. The number of piperidine rings is 2. The van der Waals surface area contributed by atoms with Crippen LogP contribution in [0.5, 0.6) is 0 Å². The van der Waals surface area contributed by atoms with E-state index in [2.05, 4.69) is 50.2 Å². The molecule has 0 bridgehead atoms. The molecule has 0 atom stereocenters. The summed E-state index contributed by atoms with van der Waals surface area (Å²) in [6.45, 7) is 9.96. The zero-order valence-corrected chi connectivity index (χ0v) is 30.5. The second-order valence-electron chi connectivity index (χ2n) is 13.3. The third kappa shape index (κ3) is 8.96. The summed E-state index contributed by atoms with van der Waals surface area (Å²) in [6.07, 6.45) is 3.04. The first-order valence-corrected chi connectivity index (χ1v) is 18.7. The Bertz CT molecular complexity index is 1740. The molecule has 0 aliphatic carbocycles. The molecule has 0 N–H and O–H groups in total. The van der Waals surface area contributed by atoms with Crippen LogP contribution in [0.25, 0.3) is 0 Å². The summed E-state index contributed by atoms with van der Waals surface area (Å²) in [4.78, 5) is 40.8. The van der Waals surface area contributed by atoms with Crippen LogP contribution in [0.3, 0.4) is 0 Å². The molecule has 0 radical (unpaired) electrons. The second-order valence-corrected chi connectivity index (χ2v) is 15.4. The predicted molar refractivity (Wildman–Crippen MR) is 192 cm³/mol. The summed E-state index contributed by atoms with van der Waals surface area (Å²) >= 11 is 3.28. The topological polar surface area (TPSA) is 59.1 Å². The van der Waals surface area contributed by atoms with Crippen LogP contribution in [0.4, 0.5) is 8.78 Å². The molecule has 6 nitrogen and oxygen atoms in total. The first kappa shape index (κ1) is 36.1. The number of benzene rings is 4. The van der Waals surface area contributed by atoms with Gasteiger partial charge in [0.15, 0.2) is 0 Å². The molecule has 0 unspecified atom stereocenters. The lowest BCUT2D eigenvalue weighted by Gasteiger charge is -2.32. The van der Waals surface area contributed by atoms with Crippen molar-refractivity contribution >= 4 is 35.5 Å². The normalized spacial score (nSPS) is 16.4. The molecule has 4 aromatic rings. The van der Waals surface area contributed by atoms with Gasteiger partial charge in [0.25, 0.3) is 0 Å². The Hall–Kier alpha value is -3.70. The van der Waals surface area contributed by atoms with E-state index in [0.29, 0.717) is 26.2 Å². The van der Waals surface area contributed by atoms with Gasteiger partial charge in [-0.05, 0) is 136 Å². The maximum atomic E-state index is 13.7. The molecule has 4 aromatic carbocycles. The van der Waals surface area contributed by atoms with E-state index in [0.717, 1.165) is 56.4 Å². The Balaban J connectivity index is 0.992. The highest BCUT2D eigenvalue weighted by Crippen LogP contribution is 2.41. The smallest absolute Gasteiger partial charge is 0.359 e. The molecule has 0 aromatic heterocycles. The van der Waals surface area contributed by atoms with Gasteiger partial charge in [-0.3, -0.25) is 0 Å². The van der Waals surface area contributed by atoms with Gasteiger partial charge < -0.3 is 9.68 Å². The highest BCUT2D eigenvalue weighted by molar-refractivity contribution is 7.99. The van der Waals surface area contributed by atoms with Crippen molar-refractivity contribution in [2.75, 3.05) is 26.2 Å². The SMILES string of the molecule is Cc1ccc(Sc2ccc(F)cc2C)c(C2CCN(OC(=O)C(=O)ON3CCC(c4cc(C)ccc4Sc4ccc(F)cc4C)CC3)CC2)c1. The summed E-state index contributed by atoms with van der Waals surface area (Å²) in [6, 6.07) is 22.6. The molecule has 0 amide bonds. The van der Waals surface area contributed by atoms with Gasteiger partial charge in [0.2, 0.25) is 0 Å². The lowest BCUT2D eigenvalue weighted by Crippen LogP contribution is -2.41. The Morgan fingerprint density at radius 2 is 0.920 bits per heavy atom. The first-order chi connectivity index (χ1) is 24.0. The van der Waals surface area contributed by atoms with Crippen LogP contribution in [0.2, 0.25) is 0 Å². The number of hydrogen-bond acceptors (Lipinski definition) is 8. The van der Waals surface area contributed by atoms with E-state index in [1.54, 1.807) is 45.8 Å². The summed E-state index contributed by atoms with van der Waals surface area (Å²) in [5.41, 5.74) is 6.59. The van der Waals surface area contributed by atoms with E-state index in [9.17, 15) is 18.4 Å². The molecule has 10 heteroatoms. The highest BCUT2D eigenvalue weighted by atomic mass is 32.2. The number of aryl methyl sites for hydroxylation is 4. The summed E-state index contributed by atoms with van der Waals surface area (Å²) in [7, 11) is 0. The molecule has 2 fully saturated rings. The van der Waals surface area contributed by atoms with Gasteiger partial charge in [-0.1, -0.05) is 58.9 Å². The highest BCUT2D eigenvalue weighted by Gasteiger charge is 2.31. The molecule has 2 aliphatic heterocycles. The van der Waals surface area contributed by atoms with Gasteiger partial charge in [-0.2, -0.15) is 0 Å². The molecule has 2 aliphatic rings. The molecular weight excluding hydrogens is 675 g/mol. The van der Waals surface area contributed by atoms with Gasteiger partial charge in [0.1, 0.15) is 11.6 Å². The Morgan fingerprint density at radius 3 is 1.28 bits per heavy atom. The predicted octanol–water partition coefficient (Wildman–Crippen LogP) is 9.48. The quantitative estimate of drug-likeness (QED) is 0.167. The lowest BCUT2D eigenvalue weighted by molar-refractivity contribution is -0.222. The van der Waals surface area contributed by atoms with Gasteiger partial charge >= 0.3 is 11.9 Å². The zero-order chi connectivity index (χ0) is 35.4. The van der Waals surface area contributed by atoms with Crippen molar-refractivity contribution in [1.29, 1.82) is 0 Å². The second kappa shape index (κ2) is 16.1. The number of halogens is 2. The molecule has 262 valence electrons. The van der Waals surface area contributed by atoms with Crippen molar-refractivity contribution < 1.29 is 28.0 Å². The molecule has 0 saturated carbocycles. The third-order valence-electron chi connectivity index (χ3n) is 9.42. The van der Waals surface area contributed by atoms with Crippen molar-refractivity contribution in [2.24, 2.45) is 0 Å². The minimum atomic E-state index is -1.02. The van der Waals surface area contributed by atoms with Crippen molar-refractivity contribution in [2.45, 2.75) is 84.8 Å². The number of carbonyl (C=O) groups excluding carboxylic acids is 2. The summed E-state index contributed by atoms with van der Waals surface area (Å²) in [5, 5.41) is 3.11. The molecule has 0 spiro atoms. The number of nitrogens with zero attached hydrogens (tertiary/aromatic N) is 2. The minimum absolute atomic E-state index is 0.242. The van der Waals surface area contributed by atoms with Crippen molar-refractivity contribution in [3.63, 3.8) is 0 Å². The number of hydroxylamine groups is 4. The fraction of sp³-hybridized carbons (Fsp3) is 0.350. The summed E-state index contributed by atoms with van der Waals surface area (Å²) in [5.74, 6) is -2.00. The van der Waals surface area contributed by atoms with Crippen molar-refractivity contribution in [3.8, 4) is 0 Å². The monoisotopic (exact) mass is 716 g/mol.